The predicted molar refractivity (Wildman–Crippen MR) is 97.0 cm³/mol. The highest BCUT2D eigenvalue weighted by Gasteiger charge is 2.05. The molecule has 0 spiro atoms. The Hall–Kier alpha value is -1.07. The van der Waals surface area contributed by atoms with E-state index in [1.165, 1.54) is 11.3 Å². The smallest absolute Gasteiger partial charge is 0.193 e. The van der Waals surface area contributed by atoms with Crippen molar-refractivity contribution in [1.82, 2.24) is 10.2 Å². The molecular weight excluding hydrogens is 294 g/mol. The van der Waals surface area contributed by atoms with E-state index in [1.54, 1.807) is 0 Å². The summed E-state index contributed by atoms with van der Waals surface area (Å²) < 4.78 is 5.57. The highest BCUT2D eigenvalue weighted by Crippen LogP contribution is 2.09. The summed E-state index contributed by atoms with van der Waals surface area (Å²) in [6, 6.07) is 4.30. The zero-order valence-corrected chi connectivity index (χ0v) is 15.1. The van der Waals surface area contributed by atoms with Crippen LogP contribution < -0.4 is 5.32 Å². The Morgan fingerprint density at radius 2 is 2.14 bits per heavy atom. The van der Waals surface area contributed by atoms with Gasteiger partial charge in [0.25, 0.3) is 0 Å². The fourth-order valence-corrected chi connectivity index (χ4v) is 2.71. The van der Waals surface area contributed by atoms with Gasteiger partial charge in [-0.05, 0) is 37.6 Å². The van der Waals surface area contributed by atoms with E-state index in [2.05, 4.69) is 53.6 Å². The van der Waals surface area contributed by atoms with Gasteiger partial charge in [-0.15, -0.1) is 11.3 Å². The van der Waals surface area contributed by atoms with Gasteiger partial charge in [-0.25, -0.2) is 0 Å². The molecule has 126 valence electrons. The second-order valence-corrected chi connectivity index (χ2v) is 6.34. The standard InChI is InChI=1S/C17H31N3OS/c1-4-6-13-21-14-8-11-19-17(18-5-2)20(3)12-10-16-9-7-15-22-16/h7,9,15H,4-6,8,10-14H2,1-3H3,(H,18,19). The predicted octanol–water partition coefficient (Wildman–Crippen LogP) is 3.39. The number of rotatable bonds is 11. The minimum atomic E-state index is 0.807. The Morgan fingerprint density at radius 1 is 1.32 bits per heavy atom. The van der Waals surface area contributed by atoms with Gasteiger partial charge in [0.1, 0.15) is 0 Å². The highest BCUT2D eigenvalue weighted by molar-refractivity contribution is 7.09. The number of nitrogens with zero attached hydrogens (tertiary/aromatic N) is 2. The van der Waals surface area contributed by atoms with Gasteiger partial charge < -0.3 is 15.0 Å². The third-order valence-corrected chi connectivity index (χ3v) is 4.26. The fourth-order valence-electron chi connectivity index (χ4n) is 2.01. The average Bonchev–Trinajstić information content (AvgIpc) is 3.04. The third-order valence-electron chi connectivity index (χ3n) is 3.32. The average molecular weight is 326 g/mol. The first-order valence-corrected chi connectivity index (χ1v) is 9.25. The monoisotopic (exact) mass is 325 g/mol. The van der Waals surface area contributed by atoms with Gasteiger partial charge in [-0.2, -0.15) is 0 Å². The van der Waals surface area contributed by atoms with Crippen LogP contribution in [0.4, 0.5) is 0 Å². The van der Waals surface area contributed by atoms with Crippen LogP contribution in [0.15, 0.2) is 22.5 Å². The maximum absolute atomic E-state index is 5.57. The fraction of sp³-hybridized carbons (Fsp3) is 0.706. The molecule has 5 heteroatoms. The van der Waals surface area contributed by atoms with Crippen molar-refractivity contribution in [2.75, 3.05) is 39.9 Å². The van der Waals surface area contributed by atoms with Crippen molar-refractivity contribution in [2.24, 2.45) is 4.99 Å². The second kappa shape index (κ2) is 12.5. The van der Waals surface area contributed by atoms with Gasteiger partial charge in [0.15, 0.2) is 5.96 Å². The molecule has 1 aromatic heterocycles. The molecule has 0 radical (unpaired) electrons. The number of nitrogens with one attached hydrogen (secondary N) is 1. The second-order valence-electron chi connectivity index (χ2n) is 5.31. The van der Waals surface area contributed by atoms with Crippen molar-refractivity contribution >= 4 is 17.3 Å². The van der Waals surface area contributed by atoms with Crippen molar-refractivity contribution in [3.63, 3.8) is 0 Å². The molecule has 0 saturated heterocycles. The Bertz CT molecular complexity index is 393. The summed E-state index contributed by atoms with van der Waals surface area (Å²) in [6.45, 7) is 8.67. The van der Waals surface area contributed by atoms with Crippen LogP contribution in [0.2, 0.25) is 0 Å². The van der Waals surface area contributed by atoms with Gasteiger partial charge in [0, 0.05) is 44.8 Å². The highest BCUT2D eigenvalue weighted by atomic mass is 32.1. The number of unbranched alkanes of at least 4 members (excludes halogenated alkanes) is 1. The number of likely N-dealkylation sites (N-methyl/N-ethyl adjacent to an activating group) is 1. The van der Waals surface area contributed by atoms with Crippen LogP contribution in [0.25, 0.3) is 0 Å². The van der Waals surface area contributed by atoms with Crippen molar-refractivity contribution in [2.45, 2.75) is 39.5 Å². The normalized spacial score (nSPS) is 11.7. The molecule has 0 bridgehead atoms. The van der Waals surface area contributed by atoms with Crippen molar-refractivity contribution in [3.8, 4) is 0 Å². The zero-order chi connectivity index (χ0) is 16.0. The van der Waals surface area contributed by atoms with Gasteiger partial charge in [-0.1, -0.05) is 19.4 Å². The minimum Gasteiger partial charge on any atom is -0.381 e. The van der Waals surface area contributed by atoms with Gasteiger partial charge >= 0.3 is 0 Å². The van der Waals surface area contributed by atoms with Crippen LogP contribution in [-0.2, 0) is 11.2 Å². The molecule has 0 aliphatic carbocycles. The number of aliphatic imine (C=N–C) groups is 1. The molecule has 0 aromatic carbocycles. The molecule has 0 fully saturated rings. The molecule has 1 heterocycles. The number of hydrogen-bond donors (Lipinski definition) is 1. The first kappa shape index (κ1) is 19.0. The number of thiophene rings is 1. The van der Waals surface area contributed by atoms with E-state index in [4.69, 9.17) is 4.74 Å². The van der Waals surface area contributed by atoms with Crippen LogP contribution in [0.5, 0.6) is 0 Å². The lowest BCUT2D eigenvalue weighted by Crippen LogP contribution is -2.40. The van der Waals surface area contributed by atoms with Gasteiger partial charge in [-0.3, -0.25) is 4.99 Å². The van der Waals surface area contributed by atoms with E-state index in [-0.39, 0.29) is 0 Å². The Balaban J connectivity index is 2.27. The Labute approximate surface area is 139 Å². The van der Waals surface area contributed by atoms with Gasteiger partial charge in [0.05, 0.1) is 0 Å². The number of guanidine groups is 1. The lowest BCUT2D eigenvalue weighted by atomic mass is 10.3. The molecule has 0 amide bonds. The summed E-state index contributed by atoms with van der Waals surface area (Å²) in [4.78, 5) is 8.32. The van der Waals surface area contributed by atoms with E-state index in [1.807, 2.05) is 11.3 Å². The summed E-state index contributed by atoms with van der Waals surface area (Å²) in [6.07, 6.45) is 4.39. The molecule has 1 aromatic rings. The first-order valence-electron chi connectivity index (χ1n) is 8.37. The summed E-state index contributed by atoms with van der Waals surface area (Å²) in [7, 11) is 2.10. The van der Waals surface area contributed by atoms with Crippen molar-refractivity contribution in [3.05, 3.63) is 22.4 Å². The van der Waals surface area contributed by atoms with Crippen LogP contribution in [0.3, 0.4) is 0 Å². The van der Waals surface area contributed by atoms with E-state index in [0.29, 0.717) is 0 Å². The zero-order valence-electron chi connectivity index (χ0n) is 14.3. The number of ether oxygens (including phenoxy) is 1. The molecule has 0 atom stereocenters. The lowest BCUT2D eigenvalue weighted by molar-refractivity contribution is 0.130. The van der Waals surface area contributed by atoms with Gasteiger partial charge in [0.2, 0.25) is 0 Å². The molecule has 0 saturated carbocycles. The minimum absolute atomic E-state index is 0.807. The van der Waals surface area contributed by atoms with E-state index in [9.17, 15) is 0 Å². The van der Waals surface area contributed by atoms with E-state index >= 15 is 0 Å². The molecule has 4 nitrogen and oxygen atoms in total. The summed E-state index contributed by atoms with van der Waals surface area (Å²) in [5.41, 5.74) is 0. The van der Waals surface area contributed by atoms with Crippen molar-refractivity contribution in [1.29, 1.82) is 0 Å². The number of hydrogen-bond acceptors (Lipinski definition) is 3. The Morgan fingerprint density at radius 3 is 2.82 bits per heavy atom. The lowest BCUT2D eigenvalue weighted by Gasteiger charge is -2.21. The quantitative estimate of drug-likeness (QED) is 0.385. The van der Waals surface area contributed by atoms with Crippen LogP contribution in [0.1, 0.15) is 38.0 Å². The maximum Gasteiger partial charge on any atom is 0.193 e. The third kappa shape index (κ3) is 8.39. The summed E-state index contributed by atoms with van der Waals surface area (Å²) in [5.74, 6) is 0.993. The molecule has 0 aliphatic heterocycles. The van der Waals surface area contributed by atoms with E-state index < -0.39 is 0 Å². The molecular formula is C17H31N3OS. The van der Waals surface area contributed by atoms with Crippen LogP contribution >= 0.6 is 11.3 Å². The largest absolute Gasteiger partial charge is 0.381 e. The maximum atomic E-state index is 5.57. The SMILES string of the molecule is CCCCOCCCN=C(NCC)N(C)CCc1cccs1. The van der Waals surface area contributed by atoms with Crippen LogP contribution in [-0.4, -0.2) is 50.8 Å². The van der Waals surface area contributed by atoms with E-state index in [0.717, 1.165) is 58.1 Å². The first-order chi connectivity index (χ1) is 10.8. The summed E-state index contributed by atoms with van der Waals surface area (Å²) >= 11 is 1.82. The molecule has 0 aliphatic rings. The molecule has 0 unspecified atom stereocenters. The van der Waals surface area contributed by atoms with Crippen molar-refractivity contribution < 1.29 is 4.74 Å². The van der Waals surface area contributed by atoms with Crippen LogP contribution in [0, 0.1) is 0 Å². The summed E-state index contributed by atoms with van der Waals surface area (Å²) in [5, 5.41) is 5.49. The topological polar surface area (TPSA) is 36.9 Å². The molecule has 22 heavy (non-hydrogen) atoms. The molecule has 1 rings (SSSR count). The Kier molecular flexibility index (Phi) is 10.8. The molecule has 1 N–H and O–H groups in total.